The summed E-state index contributed by atoms with van der Waals surface area (Å²) in [5, 5.41) is 8.29. The molecule has 1 aromatic heterocycles. The maximum Gasteiger partial charge on any atom is 0.0967 e. The minimum Gasteiger partial charge on any atom is -0.329 e. The average molecular weight is 251 g/mol. The second-order valence-electron chi connectivity index (χ2n) is 5.32. The van der Waals surface area contributed by atoms with Gasteiger partial charge in [0.15, 0.2) is 0 Å². The molecule has 1 fully saturated rings. The normalized spacial score (nSPS) is 18.2. The lowest BCUT2D eigenvalue weighted by atomic mass is 10.1. The van der Waals surface area contributed by atoms with Crippen molar-refractivity contribution in [1.82, 2.24) is 19.9 Å². The topological polar surface area (TPSA) is 60.0 Å². The summed E-state index contributed by atoms with van der Waals surface area (Å²) in [5.74, 6) is 0. The average Bonchev–Trinajstić information content (AvgIpc) is 2.65. The fraction of sp³-hybridized carbons (Fsp3) is 0.846. The SMILES string of the molecule is CN(Cc1cn(CCN)nn1)C1CCCCCC1. The highest BCUT2D eigenvalue weighted by molar-refractivity contribution is 4.93. The fourth-order valence-electron chi connectivity index (χ4n) is 2.74. The Bertz CT molecular complexity index is 341. The van der Waals surface area contributed by atoms with Crippen LogP contribution in [0.2, 0.25) is 0 Å². The van der Waals surface area contributed by atoms with Crippen LogP contribution in [0.3, 0.4) is 0 Å². The molecule has 0 aromatic carbocycles. The van der Waals surface area contributed by atoms with Crippen LogP contribution in [0.5, 0.6) is 0 Å². The summed E-state index contributed by atoms with van der Waals surface area (Å²) in [6.45, 7) is 2.26. The van der Waals surface area contributed by atoms with Gasteiger partial charge in [0.2, 0.25) is 0 Å². The summed E-state index contributed by atoms with van der Waals surface area (Å²) in [7, 11) is 2.21. The molecule has 0 aliphatic heterocycles. The maximum atomic E-state index is 5.51. The van der Waals surface area contributed by atoms with E-state index < -0.39 is 0 Å². The van der Waals surface area contributed by atoms with Gasteiger partial charge >= 0.3 is 0 Å². The molecule has 0 amide bonds. The van der Waals surface area contributed by atoms with Crippen molar-refractivity contribution in [2.45, 2.75) is 57.7 Å². The van der Waals surface area contributed by atoms with Crippen molar-refractivity contribution in [1.29, 1.82) is 0 Å². The Hall–Kier alpha value is -0.940. The van der Waals surface area contributed by atoms with Crippen molar-refractivity contribution in [2.75, 3.05) is 13.6 Å². The molecule has 0 radical (unpaired) electrons. The van der Waals surface area contributed by atoms with E-state index in [1.165, 1.54) is 38.5 Å². The molecule has 1 heterocycles. The first-order valence-corrected chi connectivity index (χ1v) is 7.09. The molecule has 0 bridgehead atoms. The quantitative estimate of drug-likeness (QED) is 0.803. The Morgan fingerprint density at radius 2 is 2.06 bits per heavy atom. The van der Waals surface area contributed by atoms with E-state index in [9.17, 15) is 0 Å². The molecule has 18 heavy (non-hydrogen) atoms. The van der Waals surface area contributed by atoms with E-state index in [0.29, 0.717) is 12.6 Å². The molecule has 102 valence electrons. The number of nitrogens with zero attached hydrogens (tertiary/aromatic N) is 4. The van der Waals surface area contributed by atoms with Gasteiger partial charge in [-0.25, -0.2) is 0 Å². The van der Waals surface area contributed by atoms with E-state index in [4.69, 9.17) is 5.73 Å². The summed E-state index contributed by atoms with van der Waals surface area (Å²) in [6.07, 6.45) is 10.2. The molecule has 1 aromatic rings. The first-order chi connectivity index (χ1) is 8.79. The Balaban J connectivity index is 1.86. The molecular formula is C13H25N5. The third-order valence-corrected chi connectivity index (χ3v) is 3.80. The van der Waals surface area contributed by atoms with Gasteiger partial charge in [-0.2, -0.15) is 0 Å². The van der Waals surface area contributed by atoms with Crippen molar-refractivity contribution in [2.24, 2.45) is 5.73 Å². The molecular weight excluding hydrogens is 226 g/mol. The predicted octanol–water partition coefficient (Wildman–Crippen LogP) is 1.39. The van der Waals surface area contributed by atoms with Crippen LogP contribution in [-0.4, -0.2) is 39.5 Å². The molecule has 0 saturated heterocycles. The molecule has 0 spiro atoms. The van der Waals surface area contributed by atoms with Crippen molar-refractivity contribution >= 4 is 0 Å². The zero-order valence-electron chi connectivity index (χ0n) is 11.4. The van der Waals surface area contributed by atoms with Gasteiger partial charge in [-0.1, -0.05) is 30.9 Å². The number of hydrogen-bond donors (Lipinski definition) is 1. The Kier molecular flexibility index (Phi) is 5.13. The van der Waals surface area contributed by atoms with Gasteiger partial charge in [-0.05, 0) is 19.9 Å². The summed E-state index contributed by atoms with van der Waals surface area (Å²) in [4.78, 5) is 2.43. The van der Waals surface area contributed by atoms with Gasteiger partial charge in [-0.15, -0.1) is 5.10 Å². The largest absolute Gasteiger partial charge is 0.329 e. The lowest BCUT2D eigenvalue weighted by molar-refractivity contribution is 0.210. The zero-order valence-corrected chi connectivity index (χ0v) is 11.4. The van der Waals surface area contributed by atoms with E-state index in [1.54, 1.807) is 0 Å². The predicted molar refractivity (Wildman–Crippen MR) is 72.0 cm³/mol. The molecule has 5 nitrogen and oxygen atoms in total. The van der Waals surface area contributed by atoms with Crippen LogP contribution >= 0.6 is 0 Å². The van der Waals surface area contributed by atoms with E-state index in [1.807, 2.05) is 10.9 Å². The smallest absolute Gasteiger partial charge is 0.0967 e. The first kappa shape index (κ1) is 13.5. The first-order valence-electron chi connectivity index (χ1n) is 7.09. The van der Waals surface area contributed by atoms with Gasteiger partial charge in [0, 0.05) is 25.3 Å². The fourth-order valence-corrected chi connectivity index (χ4v) is 2.74. The highest BCUT2D eigenvalue weighted by Gasteiger charge is 2.17. The third kappa shape index (κ3) is 3.78. The van der Waals surface area contributed by atoms with Gasteiger partial charge in [0.1, 0.15) is 0 Å². The highest BCUT2D eigenvalue weighted by Crippen LogP contribution is 2.21. The minimum absolute atomic E-state index is 0.612. The Labute approximate surface area is 109 Å². The van der Waals surface area contributed by atoms with Crippen LogP contribution in [0.15, 0.2) is 6.20 Å². The van der Waals surface area contributed by atoms with Crippen molar-refractivity contribution in [3.05, 3.63) is 11.9 Å². The van der Waals surface area contributed by atoms with Crippen LogP contribution in [0.1, 0.15) is 44.2 Å². The van der Waals surface area contributed by atoms with Gasteiger partial charge < -0.3 is 5.73 Å². The summed E-state index contributed by atoms with van der Waals surface area (Å²) in [6, 6.07) is 0.715. The van der Waals surface area contributed by atoms with E-state index >= 15 is 0 Å². The minimum atomic E-state index is 0.612. The van der Waals surface area contributed by atoms with Crippen molar-refractivity contribution in [3.8, 4) is 0 Å². The summed E-state index contributed by atoms with van der Waals surface area (Å²) < 4.78 is 1.83. The Morgan fingerprint density at radius 3 is 2.72 bits per heavy atom. The monoisotopic (exact) mass is 251 g/mol. The van der Waals surface area contributed by atoms with E-state index in [2.05, 4.69) is 22.3 Å². The van der Waals surface area contributed by atoms with Crippen LogP contribution in [0.4, 0.5) is 0 Å². The van der Waals surface area contributed by atoms with E-state index in [0.717, 1.165) is 18.8 Å². The Morgan fingerprint density at radius 1 is 1.33 bits per heavy atom. The molecule has 0 atom stereocenters. The third-order valence-electron chi connectivity index (χ3n) is 3.80. The van der Waals surface area contributed by atoms with Gasteiger partial charge in [-0.3, -0.25) is 9.58 Å². The molecule has 2 rings (SSSR count). The number of rotatable bonds is 5. The number of hydrogen-bond acceptors (Lipinski definition) is 4. The maximum absolute atomic E-state index is 5.51. The van der Waals surface area contributed by atoms with E-state index in [-0.39, 0.29) is 0 Å². The zero-order chi connectivity index (χ0) is 12.8. The molecule has 5 heteroatoms. The molecule has 2 N–H and O–H groups in total. The van der Waals surface area contributed by atoms with Crippen LogP contribution in [0, 0.1) is 0 Å². The van der Waals surface area contributed by atoms with Crippen LogP contribution < -0.4 is 5.73 Å². The van der Waals surface area contributed by atoms with Crippen molar-refractivity contribution < 1.29 is 0 Å². The molecule has 0 unspecified atom stereocenters. The van der Waals surface area contributed by atoms with Crippen LogP contribution in [-0.2, 0) is 13.1 Å². The summed E-state index contributed by atoms with van der Waals surface area (Å²) >= 11 is 0. The molecule has 1 aliphatic carbocycles. The second-order valence-corrected chi connectivity index (χ2v) is 5.32. The standard InChI is InChI=1S/C13H25N5/c1-17(13-6-4-2-3-5-7-13)10-12-11-18(9-8-14)16-15-12/h11,13H,2-10,14H2,1H3. The number of nitrogens with two attached hydrogens (primary N) is 1. The summed E-state index contributed by atoms with van der Waals surface area (Å²) in [5.41, 5.74) is 6.56. The molecule has 1 aliphatic rings. The van der Waals surface area contributed by atoms with Crippen molar-refractivity contribution in [3.63, 3.8) is 0 Å². The second kappa shape index (κ2) is 6.85. The highest BCUT2D eigenvalue weighted by atomic mass is 15.4. The van der Waals surface area contributed by atoms with Crippen LogP contribution in [0.25, 0.3) is 0 Å². The lowest BCUT2D eigenvalue weighted by Crippen LogP contribution is -2.30. The van der Waals surface area contributed by atoms with Gasteiger partial charge in [0.05, 0.1) is 12.2 Å². The molecule has 1 saturated carbocycles. The van der Waals surface area contributed by atoms with Gasteiger partial charge in [0.25, 0.3) is 0 Å². The lowest BCUT2D eigenvalue weighted by Gasteiger charge is -2.25. The number of aromatic nitrogens is 3.